The third kappa shape index (κ3) is 8.13. The van der Waals surface area contributed by atoms with E-state index >= 15 is 0 Å². The molecule has 0 aliphatic heterocycles. The molecule has 2 aromatic carbocycles. The van der Waals surface area contributed by atoms with Gasteiger partial charge in [-0.15, -0.1) is 0 Å². The van der Waals surface area contributed by atoms with Crippen molar-refractivity contribution >= 4 is 39.1 Å². The number of hydrogen-bond donors (Lipinski definition) is 1. The van der Waals surface area contributed by atoms with Crippen LogP contribution in [0.1, 0.15) is 46.1 Å². The van der Waals surface area contributed by atoms with Crippen molar-refractivity contribution in [3.63, 3.8) is 0 Å². The van der Waals surface area contributed by atoms with Crippen LogP contribution in [-0.2, 0) is 26.2 Å². The maximum Gasteiger partial charge on any atom is 0.244 e. The molecule has 10 heteroatoms. The molecular formula is C26H36ClN3O5S. The molecule has 0 heterocycles. The van der Waals surface area contributed by atoms with E-state index in [4.69, 9.17) is 16.3 Å². The van der Waals surface area contributed by atoms with Gasteiger partial charge in [-0.3, -0.25) is 13.9 Å². The Labute approximate surface area is 219 Å². The number of nitrogens with one attached hydrogen (secondary N) is 1. The second-order valence-corrected chi connectivity index (χ2v) is 10.9. The highest BCUT2D eigenvalue weighted by Crippen LogP contribution is 2.24. The van der Waals surface area contributed by atoms with E-state index in [1.54, 1.807) is 48.5 Å². The zero-order valence-corrected chi connectivity index (χ0v) is 23.1. The van der Waals surface area contributed by atoms with Gasteiger partial charge in [0, 0.05) is 17.6 Å². The Morgan fingerprint density at radius 3 is 2.19 bits per heavy atom. The summed E-state index contributed by atoms with van der Waals surface area (Å²) in [5.41, 5.74) is 0.985. The molecule has 36 heavy (non-hydrogen) atoms. The average molecular weight is 538 g/mol. The van der Waals surface area contributed by atoms with E-state index in [1.807, 2.05) is 27.7 Å². The quantitative estimate of drug-likeness (QED) is 0.412. The van der Waals surface area contributed by atoms with E-state index < -0.39 is 28.5 Å². The molecule has 0 aromatic heterocycles. The van der Waals surface area contributed by atoms with Gasteiger partial charge < -0.3 is 15.0 Å². The van der Waals surface area contributed by atoms with Crippen molar-refractivity contribution in [1.82, 2.24) is 10.2 Å². The van der Waals surface area contributed by atoms with Gasteiger partial charge in [-0.2, -0.15) is 0 Å². The van der Waals surface area contributed by atoms with Crippen molar-refractivity contribution < 1.29 is 22.7 Å². The van der Waals surface area contributed by atoms with Crippen LogP contribution >= 0.6 is 11.6 Å². The third-order valence-corrected chi connectivity index (χ3v) is 7.31. The van der Waals surface area contributed by atoms with Crippen LogP contribution in [0.5, 0.6) is 5.75 Å². The number of rotatable bonds is 13. The molecule has 2 atom stereocenters. The number of hydrogen-bond acceptors (Lipinski definition) is 5. The number of halogens is 1. The van der Waals surface area contributed by atoms with Gasteiger partial charge in [0.25, 0.3) is 0 Å². The molecule has 0 aliphatic rings. The Bertz CT molecular complexity index is 1120. The normalized spacial score (nSPS) is 12.9. The summed E-state index contributed by atoms with van der Waals surface area (Å²) < 4.78 is 31.9. The number of sulfonamides is 1. The Balaban J connectivity index is 2.43. The smallest absolute Gasteiger partial charge is 0.244 e. The Hall–Kier alpha value is -2.78. The molecule has 198 valence electrons. The number of carbonyl (C=O) groups excluding carboxylic acids is 2. The molecule has 2 rings (SSSR count). The fourth-order valence-corrected chi connectivity index (χ4v) is 4.70. The third-order valence-electron chi connectivity index (χ3n) is 5.80. The predicted molar refractivity (Wildman–Crippen MR) is 144 cm³/mol. The molecule has 1 N–H and O–H groups in total. The molecule has 0 bridgehead atoms. The Morgan fingerprint density at radius 2 is 1.67 bits per heavy atom. The number of ether oxygens (including phenoxy) is 1. The van der Waals surface area contributed by atoms with Gasteiger partial charge in [-0.25, -0.2) is 8.42 Å². The van der Waals surface area contributed by atoms with Crippen LogP contribution in [0.2, 0.25) is 5.02 Å². The highest BCUT2D eigenvalue weighted by atomic mass is 35.5. The van der Waals surface area contributed by atoms with Crippen molar-refractivity contribution in [3.05, 3.63) is 59.1 Å². The van der Waals surface area contributed by atoms with Gasteiger partial charge >= 0.3 is 0 Å². The Kier molecular flexibility index (Phi) is 11.0. The van der Waals surface area contributed by atoms with Crippen LogP contribution in [0, 0.1) is 0 Å². The zero-order chi connectivity index (χ0) is 26.9. The van der Waals surface area contributed by atoms with Gasteiger partial charge in [0.1, 0.15) is 18.3 Å². The molecule has 2 amide bonds. The molecule has 0 saturated heterocycles. The summed E-state index contributed by atoms with van der Waals surface area (Å²) in [4.78, 5) is 28.2. The molecule has 0 aliphatic carbocycles. The lowest BCUT2D eigenvalue weighted by Crippen LogP contribution is -2.53. The molecule has 2 aromatic rings. The van der Waals surface area contributed by atoms with Crippen LogP contribution in [-0.4, -0.2) is 56.6 Å². The number of benzene rings is 2. The van der Waals surface area contributed by atoms with Gasteiger partial charge in [-0.1, -0.05) is 43.6 Å². The lowest BCUT2D eigenvalue weighted by Gasteiger charge is -2.33. The van der Waals surface area contributed by atoms with Crippen molar-refractivity contribution in [1.29, 1.82) is 0 Å². The minimum Gasteiger partial charge on any atom is -0.494 e. The topological polar surface area (TPSA) is 96.0 Å². The van der Waals surface area contributed by atoms with E-state index in [9.17, 15) is 18.0 Å². The van der Waals surface area contributed by atoms with Gasteiger partial charge in [0.05, 0.1) is 18.6 Å². The zero-order valence-electron chi connectivity index (χ0n) is 21.5. The van der Waals surface area contributed by atoms with Gasteiger partial charge in [0.15, 0.2) is 0 Å². The summed E-state index contributed by atoms with van der Waals surface area (Å²) in [5, 5.41) is 3.40. The van der Waals surface area contributed by atoms with E-state index in [0.29, 0.717) is 35.1 Å². The number of amides is 2. The van der Waals surface area contributed by atoms with Crippen LogP contribution < -0.4 is 14.4 Å². The number of anilines is 1. The molecule has 8 nitrogen and oxygen atoms in total. The van der Waals surface area contributed by atoms with Crippen molar-refractivity contribution in [3.8, 4) is 5.75 Å². The summed E-state index contributed by atoms with van der Waals surface area (Å²) in [6.45, 7) is 7.58. The first-order valence-corrected chi connectivity index (χ1v) is 14.3. The van der Waals surface area contributed by atoms with E-state index in [-0.39, 0.29) is 18.5 Å². The van der Waals surface area contributed by atoms with Crippen LogP contribution in [0.15, 0.2) is 48.5 Å². The first kappa shape index (κ1) is 29.5. The first-order valence-electron chi connectivity index (χ1n) is 12.1. The minimum atomic E-state index is -3.81. The summed E-state index contributed by atoms with van der Waals surface area (Å²) in [6, 6.07) is 12.7. The Morgan fingerprint density at radius 1 is 1.03 bits per heavy atom. The monoisotopic (exact) mass is 537 g/mol. The molecule has 0 fully saturated rings. The van der Waals surface area contributed by atoms with Crippen LogP contribution in [0.25, 0.3) is 0 Å². The second kappa shape index (κ2) is 13.5. The van der Waals surface area contributed by atoms with Gasteiger partial charge in [-0.05, 0) is 62.6 Å². The maximum atomic E-state index is 13.7. The number of nitrogens with zero attached hydrogens (tertiary/aromatic N) is 2. The second-order valence-electron chi connectivity index (χ2n) is 8.55. The fourth-order valence-electron chi connectivity index (χ4n) is 3.66. The van der Waals surface area contributed by atoms with Crippen molar-refractivity contribution in [2.24, 2.45) is 0 Å². The first-order chi connectivity index (χ1) is 17.0. The van der Waals surface area contributed by atoms with E-state index in [0.717, 1.165) is 17.0 Å². The van der Waals surface area contributed by atoms with E-state index in [2.05, 4.69) is 5.32 Å². The number of carbonyl (C=O) groups is 2. The molecule has 0 radical (unpaired) electrons. The largest absolute Gasteiger partial charge is 0.494 e. The molecule has 2 unspecified atom stereocenters. The van der Waals surface area contributed by atoms with Crippen molar-refractivity contribution in [2.45, 2.75) is 59.2 Å². The van der Waals surface area contributed by atoms with Crippen LogP contribution in [0.3, 0.4) is 0 Å². The predicted octanol–water partition coefficient (Wildman–Crippen LogP) is 4.23. The summed E-state index contributed by atoms with van der Waals surface area (Å²) in [5.74, 6) is -0.214. The standard InChI is InChI=1S/C26H36ClN3O5S/c1-6-19(4)28-26(32)24(7-2)29(17-20-11-9-10-12-23(20)27)25(31)18-30(36(5,33)34)21-13-15-22(16-14-21)35-8-3/h9-16,19,24H,6-8,17-18H2,1-5H3,(H,28,32). The molecule has 0 saturated carbocycles. The van der Waals surface area contributed by atoms with Crippen LogP contribution in [0.4, 0.5) is 5.69 Å². The summed E-state index contributed by atoms with van der Waals surface area (Å²) >= 11 is 6.37. The highest BCUT2D eigenvalue weighted by molar-refractivity contribution is 7.92. The highest BCUT2D eigenvalue weighted by Gasteiger charge is 2.32. The minimum absolute atomic E-state index is 0.0613. The summed E-state index contributed by atoms with van der Waals surface area (Å²) in [6.07, 6.45) is 2.13. The van der Waals surface area contributed by atoms with Crippen molar-refractivity contribution in [2.75, 3.05) is 23.7 Å². The lowest BCUT2D eigenvalue weighted by atomic mass is 10.1. The fraction of sp³-hybridized carbons (Fsp3) is 0.462. The molecular weight excluding hydrogens is 502 g/mol. The maximum absolute atomic E-state index is 13.7. The lowest BCUT2D eigenvalue weighted by molar-refractivity contribution is -0.140. The summed E-state index contributed by atoms with van der Waals surface area (Å²) in [7, 11) is -3.81. The molecule has 0 spiro atoms. The SMILES string of the molecule is CCOc1ccc(N(CC(=O)N(Cc2ccccc2Cl)C(CC)C(=O)NC(C)CC)S(C)(=O)=O)cc1. The average Bonchev–Trinajstić information content (AvgIpc) is 2.83. The van der Waals surface area contributed by atoms with E-state index in [1.165, 1.54) is 4.90 Å². The van der Waals surface area contributed by atoms with Gasteiger partial charge in [0.2, 0.25) is 21.8 Å².